The predicted molar refractivity (Wildman–Crippen MR) is 152 cm³/mol. The Morgan fingerprint density at radius 1 is 0.923 bits per heavy atom. The third-order valence-electron chi connectivity index (χ3n) is 7.64. The van der Waals surface area contributed by atoms with Crippen molar-refractivity contribution in [3.8, 4) is 0 Å². The summed E-state index contributed by atoms with van der Waals surface area (Å²) in [6.07, 6.45) is 5.31. The van der Waals surface area contributed by atoms with Crippen molar-refractivity contribution >= 4 is 23.2 Å². The molecule has 2 amide bonds. The lowest BCUT2D eigenvalue weighted by molar-refractivity contribution is -0.115. The van der Waals surface area contributed by atoms with Gasteiger partial charge in [-0.15, -0.1) is 0 Å². The van der Waals surface area contributed by atoms with Gasteiger partial charge in [0, 0.05) is 37.6 Å². The predicted octanol–water partition coefficient (Wildman–Crippen LogP) is 5.37. The Morgan fingerprint density at radius 3 is 2.41 bits per heavy atom. The normalized spacial score (nSPS) is 17.7. The zero-order valence-electron chi connectivity index (χ0n) is 22.2. The summed E-state index contributed by atoms with van der Waals surface area (Å²) in [6, 6.07) is 22.0. The molecule has 1 atom stereocenters. The lowest BCUT2D eigenvalue weighted by Gasteiger charge is -2.35. The molecule has 0 aliphatic carbocycles. The molecule has 2 heterocycles. The molecule has 0 aromatic heterocycles. The van der Waals surface area contributed by atoms with Crippen LogP contribution in [0.2, 0.25) is 0 Å². The summed E-state index contributed by atoms with van der Waals surface area (Å²) in [5.41, 5.74) is 4.08. The Labute approximate surface area is 229 Å². The molecule has 1 unspecified atom stereocenters. The van der Waals surface area contributed by atoms with Crippen LogP contribution in [0.15, 0.2) is 72.8 Å². The maximum atomic E-state index is 13.4. The second kappa shape index (κ2) is 12.9. The second-order valence-corrected chi connectivity index (χ2v) is 10.5. The minimum atomic E-state index is -0.336. The van der Waals surface area contributed by atoms with Gasteiger partial charge in [-0.2, -0.15) is 0 Å². The highest BCUT2D eigenvalue weighted by Gasteiger charge is 2.25. The number of rotatable bonds is 9. The SMILES string of the molecule is O=C(Cc1ccc(F)cc1)Nc1ccc(N2CCC(Cc3ccccc3)CC2)c(C(=O)NCC2CCCO2)c1. The van der Waals surface area contributed by atoms with Crippen molar-refractivity contribution in [2.24, 2.45) is 5.92 Å². The summed E-state index contributed by atoms with van der Waals surface area (Å²) in [6.45, 7) is 2.96. The van der Waals surface area contributed by atoms with Crippen molar-refractivity contribution in [3.63, 3.8) is 0 Å². The summed E-state index contributed by atoms with van der Waals surface area (Å²) < 4.78 is 18.9. The third kappa shape index (κ3) is 7.45. The molecule has 2 aliphatic heterocycles. The molecule has 2 N–H and O–H groups in total. The number of ether oxygens (including phenoxy) is 1. The quantitative estimate of drug-likeness (QED) is 0.391. The molecule has 3 aromatic carbocycles. The number of nitrogens with zero attached hydrogens (tertiary/aromatic N) is 1. The van der Waals surface area contributed by atoms with Crippen molar-refractivity contribution in [1.82, 2.24) is 5.32 Å². The zero-order chi connectivity index (χ0) is 27.0. The lowest BCUT2D eigenvalue weighted by atomic mass is 9.89. The summed E-state index contributed by atoms with van der Waals surface area (Å²) in [4.78, 5) is 28.4. The second-order valence-electron chi connectivity index (χ2n) is 10.5. The van der Waals surface area contributed by atoms with Gasteiger partial charge in [-0.05, 0) is 79.5 Å². The molecule has 2 saturated heterocycles. The molecule has 0 saturated carbocycles. The Bertz CT molecular complexity index is 1250. The van der Waals surface area contributed by atoms with E-state index in [1.165, 1.54) is 17.7 Å². The van der Waals surface area contributed by atoms with Crippen LogP contribution in [0.5, 0.6) is 0 Å². The van der Waals surface area contributed by atoms with Gasteiger partial charge >= 0.3 is 0 Å². The van der Waals surface area contributed by atoms with Crippen LogP contribution in [0.3, 0.4) is 0 Å². The molecule has 0 spiro atoms. The number of carbonyl (C=O) groups excluding carboxylic acids is 2. The van der Waals surface area contributed by atoms with Gasteiger partial charge in [-0.3, -0.25) is 9.59 Å². The van der Waals surface area contributed by atoms with Crippen molar-refractivity contribution in [1.29, 1.82) is 0 Å². The van der Waals surface area contributed by atoms with Crippen molar-refractivity contribution in [3.05, 3.63) is 95.3 Å². The molecule has 39 heavy (non-hydrogen) atoms. The molecule has 5 rings (SSSR count). The van der Waals surface area contributed by atoms with Gasteiger partial charge in [0.2, 0.25) is 5.91 Å². The van der Waals surface area contributed by atoms with E-state index in [1.54, 1.807) is 18.2 Å². The largest absolute Gasteiger partial charge is 0.376 e. The number of anilines is 2. The van der Waals surface area contributed by atoms with Crippen LogP contribution < -0.4 is 15.5 Å². The Balaban J connectivity index is 1.27. The first-order valence-corrected chi connectivity index (χ1v) is 13.9. The van der Waals surface area contributed by atoms with Gasteiger partial charge in [0.05, 0.1) is 18.1 Å². The molecule has 204 valence electrons. The number of amides is 2. The number of nitrogens with one attached hydrogen (secondary N) is 2. The average molecular weight is 530 g/mol. The summed E-state index contributed by atoms with van der Waals surface area (Å²) >= 11 is 0. The smallest absolute Gasteiger partial charge is 0.253 e. The van der Waals surface area contributed by atoms with Gasteiger partial charge in [-0.25, -0.2) is 4.39 Å². The first-order chi connectivity index (χ1) is 19.0. The van der Waals surface area contributed by atoms with Gasteiger partial charge in [0.1, 0.15) is 5.82 Å². The van der Waals surface area contributed by atoms with E-state index in [-0.39, 0.29) is 30.2 Å². The van der Waals surface area contributed by atoms with Crippen molar-refractivity contribution in [2.75, 3.05) is 36.5 Å². The van der Waals surface area contributed by atoms with Crippen LogP contribution >= 0.6 is 0 Å². The van der Waals surface area contributed by atoms with Gasteiger partial charge in [-0.1, -0.05) is 42.5 Å². The van der Waals surface area contributed by atoms with E-state index in [0.29, 0.717) is 23.7 Å². The zero-order valence-corrected chi connectivity index (χ0v) is 22.2. The number of halogens is 1. The molecule has 3 aromatic rings. The summed E-state index contributed by atoms with van der Waals surface area (Å²) in [5.74, 6) is -0.105. The Hall–Kier alpha value is -3.71. The highest BCUT2D eigenvalue weighted by atomic mass is 19.1. The molecule has 7 heteroatoms. The van der Waals surface area contributed by atoms with E-state index in [2.05, 4.69) is 39.8 Å². The number of carbonyl (C=O) groups is 2. The Morgan fingerprint density at radius 2 is 1.69 bits per heavy atom. The van der Waals surface area contributed by atoms with Crippen molar-refractivity contribution in [2.45, 2.75) is 44.6 Å². The number of hydrogen-bond acceptors (Lipinski definition) is 4. The third-order valence-corrected chi connectivity index (χ3v) is 7.64. The van der Waals surface area contributed by atoms with E-state index >= 15 is 0 Å². The fourth-order valence-corrected chi connectivity index (χ4v) is 5.50. The molecular weight excluding hydrogens is 493 g/mol. The van der Waals surface area contributed by atoms with Crippen LogP contribution in [0, 0.1) is 11.7 Å². The van der Waals surface area contributed by atoms with Crippen LogP contribution in [0.4, 0.5) is 15.8 Å². The minimum absolute atomic E-state index is 0.0460. The Kier molecular flexibility index (Phi) is 8.89. The standard InChI is InChI=1S/C32H36FN3O3/c33-26-10-8-24(9-11-26)20-31(37)35-27-12-13-30(29(21-27)32(38)34-22-28-7-4-18-39-28)36-16-14-25(15-17-36)19-23-5-2-1-3-6-23/h1-3,5-6,8-13,21,25,28H,4,7,14-20,22H2,(H,34,38)(H,35,37). The lowest BCUT2D eigenvalue weighted by Crippen LogP contribution is -2.37. The summed E-state index contributed by atoms with van der Waals surface area (Å²) in [5, 5.41) is 5.95. The molecule has 2 fully saturated rings. The highest BCUT2D eigenvalue weighted by molar-refractivity contribution is 6.02. The molecule has 0 bridgehead atoms. The number of hydrogen-bond donors (Lipinski definition) is 2. The van der Waals surface area contributed by atoms with Gasteiger partial charge < -0.3 is 20.3 Å². The minimum Gasteiger partial charge on any atom is -0.376 e. The maximum absolute atomic E-state index is 13.4. The van der Waals surface area contributed by atoms with E-state index in [9.17, 15) is 14.0 Å². The topological polar surface area (TPSA) is 70.7 Å². The van der Waals surface area contributed by atoms with Crippen LogP contribution in [-0.4, -0.2) is 44.2 Å². The molecule has 6 nitrogen and oxygen atoms in total. The van der Waals surface area contributed by atoms with Crippen LogP contribution in [-0.2, 0) is 22.4 Å². The van der Waals surface area contributed by atoms with Gasteiger partial charge in [0.25, 0.3) is 5.91 Å². The molecule has 0 radical (unpaired) electrons. The summed E-state index contributed by atoms with van der Waals surface area (Å²) in [7, 11) is 0. The number of benzene rings is 3. The van der Waals surface area contributed by atoms with E-state index in [4.69, 9.17) is 4.74 Å². The fourth-order valence-electron chi connectivity index (χ4n) is 5.50. The van der Waals surface area contributed by atoms with Crippen LogP contribution in [0.1, 0.15) is 47.2 Å². The van der Waals surface area contributed by atoms with E-state index in [0.717, 1.165) is 63.1 Å². The first-order valence-electron chi connectivity index (χ1n) is 13.9. The monoisotopic (exact) mass is 529 g/mol. The molecule has 2 aliphatic rings. The van der Waals surface area contributed by atoms with E-state index < -0.39 is 0 Å². The maximum Gasteiger partial charge on any atom is 0.253 e. The van der Waals surface area contributed by atoms with Crippen LogP contribution in [0.25, 0.3) is 0 Å². The fraction of sp³-hybridized carbons (Fsp3) is 0.375. The van der Waals surface area contributed by atoms with Crippen molar-refractivity contribution < 1.29 is 18.7 Å². The first kappa shape index (κ1) is 26.9. The average Bonchev–Trinajstić information content (AvgIpc) is 3.48. The van der Waals surface area contributed by atoms with Gasteiger partial charge in [0.15, 0.2) is 0 Å². The highest BCUT2D eigenvalue weighted by Crippen LogP contribution is 2.30. The number of piperidine rings is 1. The van der Waals surface area contributed by atoms with E-state index in [1.807, 2.05) is 18.2 Å². The molecular formula is C32H36FN3O3.